The molecule has 0 aromatic carbocycles. The zero-order valence-corrected chi connectivity index (χ0v) is 16.2. The Kier molecular flexibility index (Phi) is 6.18. The number of aromatic nitrogens is 2. The first-order valence-electron chi connectivity index (χ1n) is 9.57. The van der Waals surface area contributed by atoms with E-state index in [2.05, 4.69) is 22.1 Å². The molecule has 146 valence electrons. The molecule has 9 heteroatoms. The number of hydrogen-bond acceptors (Lipinski definition) is 4. The zero-order valence-electron chi connectivity index (χ0n) is 15.4. The molecule has 1 aromatic heterocycles. The number of aryl methyl sites for hydroxylation is 1. The molecule has 1 aromatic rings. The maximum atomic E-state index is 12.7. The van der Waals surface area contributed by atoms with Crippen molar-refractivity contribution < 1.29 is 13.2 Å². The summed E-state index contributed by atoms with van der Waals surface area (Å²) in [5, 5.41) is 6.48. The Morgan fingerprint density at radius 2 is 2.04 bits per heavy atom. The molecule has 0 bridgehead atoms. The SMILES string of the molecule is CCCn1cc(NC(=O)N2CCCC(S(=O)(=O)NC3CCCC3)C2)cn1. The molecule has 8 nitrogen and oxygen atoms in total. The monoisotopic (exact) mass is 383 g/mol. The van der Waals surface area contributed by atoms with Crippen LogP contribution in [0.1, 0.15) is 51.9 Å². The van der Waals surface area contributed by atoms with Gasteiger partial charge in [0.15, 0.2) is 0 Å². The van der Waals surface area contributed by atoms with Crippen molar-refractivity contribution in [1.29, 1.82) is 0 Å². The van der Waals surface area contributed by atoms with E-state index in [-0.39, 0.29) is 18.6 Å². The Balaban J connectivity index is 1.57. The summed E-state index contributed by atoms with van der Waals surface area (Å²) in [7, 11) is -3.40. The minimum absolute atomic E-state index is 0.0635. The second-order valence-electron chi connectivity index (χ2n) is 7.28. The Hall–Kier alpha value is -1.61. The van der Waals surface area contributed by atoms with Crippen molar-refractivity contribution in [2.75, 3.05) is 18.4 Å². The number of carbonyl (C=O) groups is 1. The van der Waals surface area contributed by atoms with E-state index in [0.717, 1.165) is 38.6 Å². The van der Waals surface area contributed by atoms with E-state index in [1.807, 2.05) is 0 Å². The first-order valence-corrected chi connectivity index (χ1v) is 11.1. The van der Waals surface area contributed by atoms with Gasteiger partial charge in [0.25, 0.3) is 0 Å². The van der Waals surface area contributed by atoms with Gasteiger partial charge in [0, 0.05) is 31.9 Å². The number of rotatable bonds is 6. The number of nitrogens with one attached hydrogen (secondary N) is 2. The smallest absolute Gasteiger partial charge is 0.321 e. The van der Waals surface area contributed by atoms with Gasteiger partial charge >= 0.3 is 6.03 Å². The maximum absolute atomic E-state index is 12.7. The molecule has 0 spiro atoms. The number of likely N-dealkylation sites (tertiary alicyclic amines) is 1. The summed E-state index contributed by atoms with van der Waals surface area (Å²) in [5.74, 6) is 0. The van der Waals surface area contributed by atoms with E-state index in [9.17, 15) is 13.2 Å². The third-order valence-corrected chi connectivity index (χ3v) is 7.05. The quantitative estimate of drug-likeness (QED) is 0.787. The number of nitrogens with zero attached hydrogens (tertiary/aromatic N) is 3. The summed E-state index contributed by atoms with van der Waals surface area (Å²) in [6.07, 6.45) is 9.66. The minimum Gasteiger partial charge on any atom is -0.323 e. The third kappa shape index (κ3) is 4.76. The van der Waals surface area contributed by atoms with Crippen LogP contribution < -0.4 is 10.0 Å². The minimum atomic E-state index is -3.40. The molecule has 2 amide bonds. The predicted molar refractivity (Wildman–Crippen MR) is 100 cm³/mol. The van der Waals surface area contributed by atoms with Gasteiger partial charge in [-0.25, -0.2) is 17.9 Å². The maximum Gasteiger partial charge on any atom is 0.321 e. The molecule has 1 unspecified atom stereocenters. The molecule has 1 saturated carbocycles. The standard InChI is InChI=1S/C17H29N5O3S/c1-2-9-22-12-15(11-18-22)19-17(23)21-10-5-8-16(13-21)26(24,25)20-14-6-3-4-7-14/h11-12,14,16,20H,2-10,13H2,1H3,(H,19,23). The summed E-state index contributed by atoms with van der Waals surface area (Å²) >= 11 is 0. The molecule has 2 aliphatic rings. The molecule has 1 atom stereocenters. The average Bonchev–Trinajstić information content (AvgIpc) is 3.27. The van der Waals surface area contributed by atoms with Crippen LogP contribution in [-0.4, -0.2) is 53.5 Å². The number of amides is 2. The lowest BCUT2D eigenvalue weighted by molar-refractivity contribution is 0.200. The Labute approximate surface area is 155 Å². The van der Waals surface area contributed by atoms with Crippen LogP contribution in [-0.2, 0) is 16.6 Å². The van der Waals surface area contributed by atoms with E-state index in [1.54, 1.807) is 22.0 Å². The zero-order chi connectivity index (χ0) is 18.6. The lowest BCUT2D eigenvalue weighted by Crippen LogP contribution is -2.50. The van der Waals surface area contributed by atoms with E-state index < -0.39 is 15.3 Å². The van der Waals surface area contributed by atoms with Crippen molar-refractivity contribution >= 4 is 21.7 Å². The van der Waals surface area contributed by atoms with Gasteiger partial charge in [-0.1, -0.05) is 19.8 Å². The molecule has 3 rings (SSSR count). The highest BCUT2D eigenvalue weighted by Gasteiger charge is 2.34. The highest BCUT2D eigenvalue weighted by atomic mass is 32.2. The van der Waals surface area contributed by atoms with Crippen LogP contribution in [0, 0.1) is 0 Å². The number of piperidine rings is 1. The van der Waals surface area contributed by atoms with Crippen LogP contribution in [0.4, 0.5) is 10.5 Å². The van der Waals surface area contributed by atoms with Gasteiger partial charge in [0.05, 0.1) is 17.1 Å². The van der Waals surface area contributed by atoms with E-state index in [0.29, 0.717) is 25.1 Å². The molecule has 1 aliphatic heterocycles. The normalized spacial score (nSPS) is 21.9. The summed E-state index contributed by atoms with van der Waals surface area (Å²) in [4.78, 5) is 14.1. The Bertz CT molecular complexity index is 712. The van der Waals surface area contributed by atoms with E-state index >= 15 is 0 Å². The van der Waals surface area contributed by atoms with E-state index in [4.69, 9.17) is 0 Å². The topological polar surface area (TPSA) is 96.3 Å². The second-order valence-corrected chi connectivity index (χ2v) is 9.27. The fourth-order valence-corrected chi connectivity index (χ4v) is 5.48. The molecular weight excluding hydrogens is 354 g/mol. The molecule has 1 saturated heterocycles. The van der Waals surface area contributed by atoms with Crippen molar-refractivity contribution in [1.82, 2.24) is 19.4 Å². The number of carbonyl (C=O) groups excluding carboxylic acids is 1. The molecular formula is C17H29N5O3S. The van der Waals surface area contributed by atoms with Gasteiger partial charge in [0.2, 0.25) is 10.0 Å². The Morgan fingerprint density at radius 3 is 2.77 bits per heavy atom. The molecule has 2 N–H and O–H groups in total. The van der Waals surface area contributed by atoms with Gasteiger partial charge in [-0.3, -0.25) is 4.68 Å². The van der Waals surface area contributed by atoms with Crippen LogP contribution in [0.5, 0.6) is 0 Å². The van der Waals surface area contributed by atoms with Crippen LogP contribution in [0.25, 0.3) is 0 Å². The summed E-state index contributed by atoms with van der Waals surface area (Å²) in [5.41, 5.74) is 0.637. The molecule has 2 heterocycles. The van der Waals surface area contributed by atoms with Gasteiger partial charge in [-0.15, -0.1) is 0 Å². The van der Waals surface area contributed by atoms with E-state index in [1.165, 1.54) is 0 Å². The van der Waals surface area contributed by atoms with Crippen molar-refractivity contribution in [2.45, 2.75) is 69.7 Å². The lowest BCUT2D eigenvalue weighted by atomic mass is 10.1. The van der Waals surface area contributed by atoms with Gasteiger partial charge in [-0.2, -0.15) is 5.10 Å². The van der Waals surface area contributed by atoms with Crippen LogP contribution in [0.2, 0.25) is 0 Å². The number of urea groups is 1. The van der Waals surface area contributed by atoms with Crippen molar-refractivity contribution in [2.24, 2.45) is 0 Å². The predicted octanol–water partition coefficient (Wildman–Crippen LogP) is 2.15. The van der Waals surface area contributed by atoms with Crippen molar-refractivity contribution in [3.8, 4) is 0 Å². The molecule has 1 aliphatic carbocycles. The number of hydrogen-bond donors (Lipinski definition) is 2. The number of anilines is 1. The third-order valence-electron chi connectivity index (χ3n) is 5.13. The van der Waals surface area contributed by atoms with Crippen LogP contribution >= 0.6 is 0 Å². The Morgan fingerprint density at radius 1 is 1.27 bits per heavy atom. The van der Waals surface area contributed by atoms with Gasteiger partial charge < -0.3 is 10.2 Å². The summed E-state index contributed by atoms with van der Waals surface area (Å²) in [6.45, 7) is 3.67. The average molecular weight is 384 g/mol. The second kappa shape index (κ2) is 8.39. The number of sulfonamides is 1. The first kappa shape index (κ1) is 19.2. The molecule has 0 radical (unpaired) electrons. The largest absolute Gasteiger partial charge is 0.323 e. The van der Waals surface area contributed by atoms with Gasteiger partial charge in [0.1, 0.15) is 0 Å². The summed E-state index contributed by atoms with van der Waals surface area (Å²) < 4.78 is 30.0. The fourth-order valence-electron chi connectivity index (χ4n) is 3.73. The van der Waals surface area contributed by atoms with Gasteiger partial charge in [-0.05, 0) is 32.1 Å². The van der Waals surface area contributed by atoms with Crippen molar-refractivity contribution in [3.05, 3.63) is 12.4 Å². The first-order chi connectivity index (χ1) is 12.5. The van der Waals surface area contributed by atoms with Crippen LogP contribution in [0.3, 0.4) is 0 Å². The highest BCUT2D eigenvalue weighted by Crippen LogP contribution is 2.22. The summed E-state index contributed by atoms with van der Waals surface area (Å²) in [6, 6.07) is -0.199. The highest BCUT2D eigenvalue weighted by molar-refractivity contribution is 7.90. The fraction of sp³-hybridized carbons (Fsp3) is 0.765. The van der Waals surface area contributed by atoms with Crippen molar-refractivity contribution in [3.63, 3.8) is 0 Å². The molecule has 2 fully saturated rings. The van der Waals surface area contributed by atoms with Crippen LogP contribution in [0.15, 0.2) is 12.4 Å². The lowest BCUT2D eigenvalue weighted by Gasteiger charge is -2.33. The molecule has 26 heavy (non-hydrogen) atoms.